The van der Waals surface area contributed by atoms with Gasteiger partial charge in [0.05, 0.1) is 16.2 Å². The number of aromatic nitrogens is 1. The van der Waals surface area contributed by atoms with E-state index in [1.807, 2.05) is 5.38 Å². The Hall–Kier alpha value is -0.700. The molecule has 0 aliphatic rings. The van der Waals surface area contributed by atoms with Crippen molar-refractivity contribution in [2.75, 3.05) is 6.54 Å². The van der Waals surface area contributed by atoms with E-state index in [0.717, 1.165) is 5.69 Å². The number of hydrogen-bond acceptors (Lipinski definition) is 5. The summed E-state index contributed by atoms with van der Waals surface area (Å²) in [6, 6.07) is 2.87. The number of nitrogens with one attached hydrogen (secondary N) is 1. The lowest BCUT2D eigenvalue weighted by molar-refractivity contribution is 0.581. The molecular weight excluding hydrogens is 353 g/mol. The first-order valence-electron chi connectivity index (χ1n) is 5.99. The van der Waals surface area contributed by atoms with Gasteiger partial charge in [-0.15, -0.1) is 11.3 Å². The van der Waals surface area contributed by atoms with E-state index in [1.165, 1.54) is 17.4 Å². The molecule has 1 heterocycles. The molecule has 1 aromatic heterocycles. The van der Waals surface area contributed by atoms with Gasteiger partial charge in [-0.3, -0.25) is 0 Å². The second kappa shape index (κ2) is 7.04. The molecular formula is C12H13Cl2N3O2S2. The maximum atomic E-state index is 12.3. The lowest BCUT2D eigenvalue weighted by atomic mass is 10.2. The molecule has 0 saturated carbocycles. The van der Waals surface area contributed by atoms with Crippen molar-refractivity contribution in [1.82, 2.24) is 9.71 Å². The SMILES string of the molecule is NCc1cc(Cl)cc(S(=O)(=O)NCCc2cscn2)c1Cl. The van der Waals surface area contributed by atoms with Crippen LogP contribution in [0.1, 0.15) is 11.3 Å². The fourth-order valence-electron chi connectivity index (χ4n) is 1.71. The highest BCUT2D eigenvalue weighted by Gasteiger charge is 2.20. The van der Waals surface area contributed by atoms with Gasteiger partial charge in [0, 0.05) is 29.9 Å². The Morgan fingerprint density at radius 2 is 2.10 bits per heavy atom. The average molecular weight is 366 g/mol. The van der Waals surface area contributed by atoms with Crippen molar-refractivity contribution in [3.05, 3.63) is 44.3 Å². The molecule has 3 N–H and O–H groups in total. The summed E-state index contributed by atoms with van der Waals surface area (Å²) >= 11 is 13.4. The van der Waals surface area contributed by atoms with Gasteiger partial charge in [-0.25, -0.2) is 18.1 Å². The van der Waals surface area contributed by atoms with E-state index < -0.39 is 10.0 Å². The van der Waals surface area contributed by atoms with Crippen LogP contribution in [0.25, 0.3) is 0 Å². The van der Waals surface area contributed by atoms with Crippen LogP contribution in [-0.4, -0.2) is 19.9 Å². The van der Waals surface area contributed by atoms with Crippen molar-refractivity contribution >= 4 is 44.6 Å². The van der Waals surface area contributed by atoms with Gasteiger partial charge in [-0.05, 0) is 17.7 Å². The highest BCUT2D eigenvalue weighted by molar-refractivity contribution is 7.89. The predicted octanol–water partition coefficient (Wildman–Crippen LogP) is 2.43. The fourth-order valence-corrected chi connectivity index (χ4v) is 4.28. The average Bonchev–Trinajstić information content (AvgIpc) is 2.93. The Labute approximate surface area is 137 Å². The van der Waals surface area contributed by atoms with Crippen molar-refractivity contribution in [2.24, 2.45) is 5.73 Å². The van der Waals surface area contributed by atoms with E-state index >= 15 is 0 Å². The summed E-state index contributed by atoms with van der Waals surface area (Å²) < 4.78 is 27.1. The molecule has 0 aliphatic carbocycles. The molecule has 0 aliphatic heterocycles. The minimum Gasteiger partial charge on any atom is -0.326 e. The number of halogens is 2. The summed E-state index contributed by atoms with van der Waals surface area (Å²) in [5.74, 6) is 0. The molecule has 9 heteroatoms. The van der Waals surface area contributed by atoms with E-state index in [2.05, 4.69) is 9.71 Å². The number of benzene rings is 1. The molecule has 0 fully saturated rings. The van der Waals surface area contributed by atoms with Crippen molar-refractivity contribution < 1.29 is 8.42 Å². The zero-order valence-corrected chi connectivity index (χ0v) is 14.0. The second-order valence-electron chi connectivity index (χ2n) is 4.21. The number of nitrogens with two attached hydrogens (primary N) is 1. The summed E-state index contributed by atoms with van der Waals surface area (Å²) in [7, 11) is -3.75. The van der Waals surface area contributed by atoms with Crippen molar-refractivity contribution in [3.63, 3.8) is 0 Å². The van der Waals surface area contributed by atoms with E-state index in [-0.39, 0.29) is 28.0 Å². The molecule has 0 radical (unpaired) electrons. The molecule has 0 unspecified atom stereocenters. The minimum absolute atomic E-state index is 0.0598. The van der Waals surface area contributed by atoms with E-state index in [1.54, 1.807) is 11.6 Å². The van der Waals surface area contributed by atoms with Crippen LogP contribution < -0.4 is 10.5 Å². The Morgan fingerprint density at radius 1 is 1.33 bits per heavy atom. The zero-order chi connectivity index (χ0) is 15.5. The Bertz CT molecular complexity index is 718. The molecule has 0 spiro atoms. The fraction of sp³-hybridized carbons (Fsp3) is 0.250. The summed E-state index contributed by atoms with van der Waals surface area (Å²) in [5, 5.41) is 2.25. The van der Waals surface area contributed by atoms with E-state index in [4.69, 9.17) is 28.9 Å². The highest BCUT2D eigenvalue weighted by Crippen LogP contribution is 2.29. The standard InChI is InChI=1S/C12H13Cl2N3O2S2/c13-9-3-8(5-15)12(14)11(4-9)21(18,19)17-2-1-10-6-20-7-16-10/h3-4,6-7,17H,1-2,5,15H2. The summed E-state index contributed by atoms with van der Waals surface area (Å²) in [5.41, 5.74) is 8.56. The lowest BCUT2D eigenvalue weighted by Gasteiger charge is -2.11. The lowest BCUT2D eigenvalue weighted by Crippen LogP contribution is -2.26. The van der Waals surface area contributed by atoms with Crippen molar-refractivity contribution in [3.8, 4) is 0 Å². The molecule has 1 aromatic carbocycles. The smallest absolute Gasteiger partial charge is 0.242 e. The first-order chi connectivity index (χ1) is 9.94. The van der Waals surface area contributed by atoms with Crippen LogP contribution >= 0.6 is 34.5 Å². The van der Waals surface area contributed by atoms with Gasteiger partial charge in [0.25, 0.3) is 0 Å². The number of sulfonamides is 1. The monoisotopic (exact) mass is 365 g/mol. The molecule has 0 atom stereocenters. The topological polar surface area (TPSA) is 85.1 Å². The Kier molecular flexibility index (Phi) is 5.59. The first-order valence-corrected chi connectivity index (χ1v) is 9.17. The molecule has 114 valence electrons. The van der Waals surface area contributed by atoms with Gasteiger partial charge < -0.3 is 5.73 Å². The van der Waals surface area contributed by atoms with Crippen molar-refractivity contribution in [2.45, 2.75) is 17.9 Å². The first kappa shape index (κ1) is 16.7. The van der Waals surface area contributed by atoms with Crippen LogP contribution in [0, 0.1) is 0 Å². The van der Waals surface area contributed by atoms with E-state index in [0.29, 0.717) is 12.0 Å². The number of rotatable bonds is 6. The number of thiazole rings is 1. The van der Waals surface area contributed by atoms with Crippen LogP contribution in [0.5, 0.6) is 0 Å². The maximum Gasteiger partial charge on any atom is 0.242 e. The largest absolute Gasteiger partial charge is 0.326 e. The maximum absolute atomic E-state index is 12.3. The third kappa shape index (κ3) is 4.15. The van der Waals surface area contributed by atoms with Gasteiger partial charge in [0.1, 0.15) is 4.90 Å². The van der Waals surface area contributed by atoms with Crippen LogP contribution in [0.15, 0.2) is 27.9 Å². The normalized spacial score (nSPS) is 11.8. The summed E-state index contributed by atoms with van der Waals surface area (Å²) in [4.78, 5) is 4.03. The molecule has 0 bridgehead atoms. The molecule has 2 aromatic rings. The van der Waals surface area contributed by atoms with Crippen molar-refractivity contribution in [1.29, 1.82) is 0 Å². The molecule has 5 nitrogen and oxygen atoms in total. The third-order valence-electron chi connectivity index (χ3n) is 2.75. The van der Waals surface area contributed by atoms with Crippen LogP contribution in [0.2, 0.25) is 10.0 Å². The van der Waals surface area contributed by atoms with Crippen LogP contribution in [0.4, 0.5) is 0 Å². The predicted molar refractivity (Wildman–Crippen MR) is 85.4 cm³/mol. The van der Waals surface area contributed by atoms with Gasteiger partial charge in [-0.1, -0.05) is 23.2 Å². The van der Waals surface area contributed by atoms with Crippen LogP contribution in [0.3, 0.4) is 0 Å². The molecule has 21 heavy (non-hydrogen) atoms. The summed E-state index contributed by atoms with van der Waals surface area (Å²) in [6.45, 7) is 0.341. The third-order valence-corrected chi connectivity index (χ3v) is 5.64. The number of nitrogens with zero attached hydrogens (tertiary/aromatic N) is 1. The highest BCUT2D eigenvalue weighted by atomic mass is 35.5. The van der Waals surface area contributed by atoms with Crippen LogP contribution in [-0.2, 0) is 23.0 Å². The van der Waals surface area contributed by atoms with Gasteiger partial charge in [0.15, 0.2) is 0 Å². The minimum atomic E-state index is -3.75. The van der Waals surface area contributed by atoms with Gasteiger partial charge in [0.2, 0.25) is 10.0 Å². The van der Waals surface area contributed by atoms with E-state index in [9.17, 15) is 8.42 Å². The molecule has 0 saturated heterocycles. The second-order valence-corrected chi connectivity index (χ2v) is 7.48. The quantitative estimate of drug-likeness (QED) is 0.822. The molecule has 2 rings (SSSR count). The Balaban J connectivity index is 2.17. The Morgan fingerprint density at radius 3 is 2.71 bits per heavy atom. The molecule has 0 amide bonds. The van der Waals surface area contributed by atoms with Gasteiger partial charge in [-0.2, -0.15) is 0 Å². The summed E-state index contributed by atoms with van der Waals surface area (Å²) in [6.07, 6.45) is 0.505. The zero-order valence-electron chi connectivity index (χ0n) is 10.8. The number of hydrogen-bond donors (Lipinski definition) is 2. The van der Waals surface area contributed by atoms with Gasteiger partial charge >= 0.3 is 0 Å².